The SMILES string of the molecule is N#CCCc1nn(CC2CCC(COCC(=O)O)CC2)c(-c2ccccc2)c1-c1ccccc1. The van der Waals surface area contributed by atoms with E-state index in [9.17, 15) is 10.1 Å². The highest BCUT2D eigenvalue weighted by atomic mass is 16.5. The molecule has 176 valence electrons. The van der Waals surface area contributed by atoms with E-state index < -0.39 is 5.97 Å². The highest BCUT2D eigenvalue weighted by Gasteiger charge is 2.26. The lowest BCUT2D eigenvalue weighted by Crippen LogP contribution is -2.23. The third-order valence-electron chi connectivity index (χ3n) is 6.58. The van der Waals surface area contributed by atoms with E-state index in [4.69, 9.17) is 14.9 Å². The molecular weight excluding hydrogens is 426 g/mol. The summed E-state index contributed by atoms with van der Waals surface area (Å²) >= 11 is 0. The highest BCUT2D eigenvalue weighted by Crippen LogP contribution is 2.38. The number of carbonyl (C=O) groups is 1. The maximum atomic E-state index is 10.7. The van der Waals surface area contributed by atoms with Crippen molar-refractivity contribution in [2.75, 3.05) is 13.2 Å². The number of benzene rings is 2. The van der Waals surface area contributed by atoms with Crippen LogP contribution in [0.2, 0.25) is 0 Å². The number of nitriles is 1. The number of carboxylic acids is 1. The maximum absolute atomic E-state index is 10.7. The number of hydrogen-bond donors (Lipinski definition) is 1. The first kappa shape index (κ1) is 23.7. The molecule has 6 nitrogen and oxygen atoms in total. The fourth-order valence-corrected chi connectivity index (χ4v) is 4.93. The van der Waals surface area contributed by atoms with Gasteiger partial charge in [-0.05, 0) is 43.1 Å². The summed E-state index contributed by atoms with van der Waals surface area (Å²) in [5, 5.41) is 23.1. The monoisotopic (exact) mass is 457 g/mol. The molecule has 0 aliphatic heterocycles. The van der Waals surface area contributed by atoms with Crippen LogP contribution in [0.3, 0.4) is 0 Å². The first-order valence-electron chi connectivity index (χ1n) is 12.0. The molecule has 0 unspecified atom stereocenters. The topological polar surface area (TPSA) is 88.1 Å². The van der Waals surface area contributed by atoms with Crippen molar-refractivity contribution in [2.45, 2.75) is 45.1 Å². The molecule has 1 heterocycles. The summed E-state index contributed by atoms with van der Waals surface area (Å²) in [4.78, 5) is 10.7. The number of carboxylic acid groups (broad SMARTS) is 1. The third-order valence-corrected chi connectivity index (χ3v) is 6.58. The van der Waals surface area contributed by atoms with Gasteiger partial charge in [0.1, 0.15) is 6.61 Å². The van der Waals surface area contributed by atoms with E-state index in [0.29, 0.717) is 31.3 Å². The van der Waals surface area contributed by atoms with Gasteiger partial charge >= 0.3 is 5.97 Å². The Kier molecular flexibility index (Phi) is 8.11. The lowest BCUT2D eigenvalue weighted by molar-refractivity contribution is -0.142. The average molecular weight is 458 g/mol. The molecule has 6 heteroatoms. The molecule has 1 aliphatic carbocycles. The van der Waals surface area contributed by atoms with E-state index in [-0.39, 0.29) is 6.61 Å². The van der Waals surface area contributed by atoms with Crippen molar-refractivity contribution in [3.63, 3.8) is 0 Å². The molecule has 2 aromatic carbocycles. The molecule has 0 spiro atoms. The van der Waals surface area contributed by atoms with Gasteiger partial charge in [-0.25, -0.2) is 4.79 Å². The predicted molar refractivity (Wildman–Crippen MR) is 131 cm³/mol. The molecule has 1 aromatic heterocycles. The van der Waals surface area contributed by atoms with Crippen LogP contribution in [0.5, 0.6) is 0 Å². The van der Waals surface area contributed by atoms with Gasteiger partial charge in [-0.15, -0.1) is 0 Å². The summed E-state index contributed by atoms with van der Waals surface area (Å²) in [7, 11) is 0. The maximum Gasteiger partial charge on any atom is 0.329 e. The number of rotatable bonds is 10. The van der Waals surface area contributed by atoms with Crippen LogP contribution in [-0.4, -0.2) is 34.1 Å². The zero-order chi connectivity index (χ0) is 23.8. The number of nitrogens with zero attached hydrogens (tertiary/aromatic N) is 3. The van der Waals surface area contributed by atoms with Crippen LogP contribution >= 0.6 is 0 Å². The van der Waals surface area contributed by atoms with Gasteiger partial charge in [-0.1, -0.05) is 60.7 Å². The molecule has 4 rings (SSSR count). The Morgan fingerprint density at radius 1 is 1.00 bits per heavy atom. The van der Waals surface area contributed by atoms with Crippen molar-refractivity contribution in [3.05, 3.63) is 66.4 Å². The Hall–Kier alpha value is -3.43. The number of aryl methyl sites for hydroxylation is 1. The summed E-state index contributed by atoms with van der Waals surface area (Å²) in [6.07, 6.45) is 5.29. The second-order valence-electron chi connectivity index (χ2n) is 9.04. The van der Waals surface area contributed by atoms with Crippen LogP contribution < -0.4 is 0 Å². The van der Waals surface area contributed by atoms with Gasteiger partial charge in [0.2, 0.25) is 0 Å². The quantitative estimate of drug-likeness (QED) is 0.429. The number of aromatic nitrogens is 2. The standard InChI is InChI=1S/C28H31N3O3/c29-17-7-12-25-27(23-8-3-1-4-9-23)28(24-10-5-2-6-11-24)31(30-25)18-21-13-15-22(16-14-21)19-34-20-26(32)33/h1-6,8-11,21-22H,7,12-16,18-20H2,(H,32,33). The Bertz CT molecular complexity index is 1110. The van der Waals surface area contributed by atoms with E-state index in [1.54, 1.807) is 0 Å². The highest BCUT2D eigenvalue weighted by molar-refractivity contribution is 5.83. The molecule has 1 aliphatic rings. The van der Waals surface area contributed by atoms with Crippen molar-refractivity contribution in [3.8, 4) is 28.5 Å². The van der Waals surface area contributed by atoms with Gasteiger partial charge in [0.15, 0.2) is 0 Å². The normalized spacial score (nSPS) is 17.9. The first-order chi connectivity index (χ1) is 16.7. The van der Waals surface area contributed by atoms with E-state index in [1.807, 2.05) is 24.3 Å². The van der Waals surface area contributed by atoms with Crippen molar-refractivity contribution in [1.82, 2.24) is 9.78 Å². The van der Waals surface area contributed by atoms with Crippen molar-refractivity contribution in [1.29, 1.82) is 5.26 Å². The van der Waals surface area contributed by atoms with Gasteiger partial charge in [0.25, 0.3) is 0 Å². The van der Waals surface area contributed by atoms with Crippen LogP contribution in [0, 0.1) is 23.2 Å². The Balaban J connectivity index is 1.59. The molecule has 1 N–H and O–H groups in total. The molecule has 1 saturated carbocycles. The Morgan fingerprint density at radius 3 is 2.24 bits per heavy atom. The van der Waals surface area contributed by atoms with Crippen molar-refractivity contribution >= 4 is 5.97 Å². The minimum Gasteiger partial charge on any atom is -0.480 e. The lowest BCUT2D eigenvalue weighted by atomic mass is 9.82. The van der Waals surface area contributed by atoms with Crippen LogP contribution in [0.1, 0.15) is 37.8 Å². The third kappa shape index (κ3) is 5.92. The van der Waals surface area contributed by atoms with E-state index >= 15 is 0 Å². The zero-order valence-corrected chi connectivity index (χ0v) is 19.4. The molecule has 0 bridgehead atoms. The van der Waals surface area contributed by atoms with E-state index in [0.717, 1.165) is 60.3 Å². The molecule has 0 amide bonds. The van der Waals surface area contributed by atoms with Gasteiger partial charge in [-0.3, -0.25) is 4.68 Å². The summed E-state index contributed by atoms with van der Waals surface area (Å²) < 4.78 is 7.49. The summed E-state index contributed by atoms with van der Waals surface area (Å²) in [6.45, 7) is 1.13. The van der Waals surface area contributed by atoms with Crippen LogP contribution in [0.4, 0.5) is 0 Å². The largest absolute Gasteiger partial charge is 0.480 e. The predicted octanol–water partition coefficient (Wildman–Crippen LogP) is 5.58. The summed E-state index contributed by atoms with van der Waals surface area (Å²) in [5.74, 6) is 0.0145. The summed E-state index contributed by atoms with van der Waals surface area (Å²) in [6, 6.07) is 23.0. The Morgan fingerprint density at radius 2 is 1.62 bits per heavy atom. The average Bonchev–Trinajstić information content (AvgIpc) is 3.22. The van der Waals surface area contributed by atoms with Crippen LogP contribution in [0.15, 0.2) is 60.7 Å². The van der Waals surface area contributed by atoms with Crippen molar-refractivity contribution < 1.29 is 14.6 Å². The Labute approximate surface area is 200 Å². The van der Waals surface area contributed by atoms with E-state index in [1.165, 1.54) is 0 Å². The molecule has 0 atom stereocenters. The fourth-order valence-electron chi connectivity index (χ4n) is 4.93. The van der Waals surface area contributed by atoms with Gasteiger partial charge < -0.3 is 9.84 Å². The molecule has 34 heavy (non-hydrogen) atoms. The van der Waals surface area contributed by atoms with E-state index in [2.05, 4.69) is 47.1 Å². The second-order valence-corrected chi connectivity index (χ2v) is 9.04. The van der Waals surface area contributed by atoms with Gasteiger partial charge in [0, 0.05) is 30.5 Å². The van der Waals surface area contributed by atoms with Crippen LogP contribution in [-0.2, 0) is 22.5 Å². The van der Waals surface area contributed by atoms with Gasteiger partial charge in [0.05, 0.1) is 24.1 Å². The fraction of sp³-hybridized carbons (Fsp3) is 0.393. The number of hydrogen-bond acceptors (Lipinski definition) is 4. The molecular formula is C28H31N3O3. The summed E-state index contributed by atoms with van der Waals surface area (Å²) in [5.41, 5.74) is 5.47. The van der Waals surface area contributed by atoms with Gasteiger partial charge in [-0.2, -0.15) is 10.4 Å². The molecule has 0 saturated heterocycles. The number of ether oxygens (including phenoxy) is 1. The zero-order valence-electron chi connectivity index (χ0n) is 19.4. The minimum absolute atomic E-state index is 0.221. The van der Waals surface area contributed by atoms with Crippen molar-refractivity contribution in [2.24, 2.45) is 11.8 Å². The first-order valence-corrected chi connectivity index (χ1v) is 12.0. The second kappa shape index (κ2) is 11.6. The molecule has 1 fully saturated rings. The molecule has 0 radical (unpaired) electrons. The number of aliphatic carboxylic acids is 1. The minimum atomic E-state index is -0.915. The molecule has 3 aromatic rings. The van der Waals surface area contributed by atoms with Crippen LogP contribution in [0.25, 0.3) is 22.4 Å². The lowest BCUT2D eigenvalue weighted by Gasteiger charge is -2.28. The smallest absolute Gasteiger partial charge is 0.329 e.